The molecule has 0 spiro atoms. The van der Waals surface area contributed by atoms with E-state index in [1.807, 2.05) is 19.3 Å². The Balaban J connectivity index is 1.82. The Bertz CT molecular complexity index is 699. The molecule has 2 aromatic rings. The van der Waals surface area contributed by atoms with Gasteiger partial charge in [-0.05, 0) is 30.5 Å². The van der Waals surface area contributed by atoms with E-state index in [2.05, 4.69) is 41.1 Å². The van der Waals surface area contributed by atoms with E-state index in [4.69, 9.17) is 0 Å². The van der Waals surface area contributed by atoms with Gasteiger partial charge in [-0.1, -0.05) is 31.5 Å². The number of amides is 1. The van der Waals surface area contributed by atoms with E-state index in [1.54, 1.807) is 11.1 Å². The number of aromatic nitrogens is 1. The number of unbranched alkanes of at least 4 members (excludes halogenated alkanes) is 1. The van der Waals surface area contributed by atoms with E-state index < -0.39 is 0 Å². The lowest BCUT2D eigenvalue weighted by molar-refractivity contribution is 0.0793. The number of pyridine rings is 1. The van der Waals surface area contributed by atoms with Crippen LogP contribution in [-0.2, 0) is 6.42 Å². The minimum atomic E-state index is 0.0419. The molecule has 1 amide bonds. The molecule has 23 heavy (non-hydrogen) atoms. The fourth-order valence-electron chi connectivity index (χ4n) is 3.02. The van der Waals surface area contributed by atoms with Crippen molar-refractivity contribution in [3.63, 3.8) is 0 Å². The molecular weight excluding hydrogens is 286 g/mol. The summed E-state index contributed by atoms with van der Waals surface area (Å²) in [6, 6.07) is 10.4. The van der Waals surface area contributed by atoms with Crippen LogP contribution in [0.15, 0.2) is 42.7 Å². The molecule has 0 saturated heterocycles. The minimum absolute atomic E-state index is 0.0419. The van der Waals surface area contributed by atoms with Crippen molar-refractivity contribution in [3.05, 3.63) is 53.9 Å². The number of hydrogen-bond donors (Lipinski definition) is 0. The number of fused-ring (bicyclic) bond motifs is 1. The lowest BCUT2D eigenvalue weighted by atomic mass is 10.2. The number of hydrogen-bond acceptors (Lipinski definition) is 3. The Morgan fingerprint density at radius 2 is 2.13 bits per heavy atom. The summed E-state index contributed by atoms with van der Waals surface area (Å²) in [5.41, 5.74) is 4.22. The summed E-state index contributed by atoms with van der Waals surface area (Å²) in [5, 5.41) is 0. The zero-order valence-corrected chi connectivity index (χ0v) is 13.8. The molecule has 1 aromatic carbocycles. The molecule has 1 aliphatic heterocycles. The molecule has 4 heteroatoms. The molecule has 0 unspecified atom stereocenters. The van der Waals surface area contributed by atoms with Gasteiger partial charge in [-0.15, -0.1) is 0 Å². The van der Waals surface area contributed by atoms with Gasteiger partial charge in [0.1, 0.15) is 0 Å². The zero-order chi connectivity index (χ0) is 16.2. The van der Waals surface area contributed by atoms with Crippen molar-refractivity contribution >= 4 is 17.3 Å². The van der Waals surface area contributed by atoms with Gasteiger partial charge in [0.25, 0.3) is 5.91 Å². The number of para-hydroxylation sites is 1. The molecule has 3 rings (SSSR count). The van der Waals surface area contributed by atoms with Crippen molar-refractivity contribution in [1.29, 1.82) is 0 Å². The predicted octanol–water partition coefficient (Wildman–Crippen LogP) is 3.65. The minimum Gasteiger partial charge on any atom is -0.342 e. The first kappa shape index (κ1) is 15.5. The lowest BCUT2D eigenvalue weighted by Gasteiger charge is -2.21. The van der Waals surface area contributed by atoms with E-state index >= 15 is 0 Å². The maximum atomic E-state index is 12.5. The molecule has 0 atom stereocenters. The molecule has 120 valence electrons. The zero-order valence-electron chi connectivity index (χ0n) is 13.8. The number of benzene rings is 1. The van der Waals surface area contributed by atoms with Crippen LogP contribution < -0.4 is 4.90 Å². The summed E-state index contributed by atoms with van der Waals surface area (Å²) in [6.07, 6.45) is 6.64. The van der Waals surface area contributed by atoms with Gasteiger partial charge in [0, 0.05) is 32.0 Å². The second-order valence-corrected chi connectivity index (χ2v) is 6.04. The molecule has 1 aliphatic rings. The molecule has 0 bridgehead atoms. The average Bonchev–Trinajstić information content (AvgIpc) is 3.03. The highest BCUT2D eigenvalue weighted by Crippen LogP contribution is 2.34. The lowest BCUT2D eigenvalue weighted by Crippen LogP contribution is -2.28. The summed E-state index contributed by atoms with van der Waals surface area (Å²) in [5.74, 6) is 0.0419. The Labute approximate surface area is 137 Å². The second kappa shape index (κ2) is 6.82. The maximum Gasteiger partial charge on any atom is 0.255 e. The van der Waals surface area contributed by atoms with E-state index in [0.29, 0.717) is 5.56 Å². The Kier molecular flexibility index (Phi) is 4.60. The summed E-state index contributed by atoms with van der Waals surface area (Å²) in [6.45, 7) is 3.85. The monoisotopic (exact) mass is 309 g/mol. The number of carbonyl (C=O) groups excluding carboxylic acids is 1. The van der Waals surface area contributed by atoms with Gasteiger partial charge in [0.2, 0.25) is 0 Å². The predicted molar refractivity (Wildman–Crippen MR) is 93.3 cm³/mol. The first-order chi connectivity index (χ1) is 11.2. The van der Waals surface area contributed by atoms with Gasteiger partial charge in [-0.2, -0.15) is 0 Å². The van der Waals surface area contributed by atoms with Crippen LogP contribution in [0, 0.1) is 0 Å². The van der Waals surface area contributed by atoms with Gasteiger partial charge in [0.15, 0.2) is 0 Å². The molecule has 0 N–H and O–H groups in total. The van der Waals surface area contributed by atoms with Gasteiger partial charge < -0.3 is 9.80 Å². The Hall–Kier alpha value is -2.36. The van der Waals surface area contributed by atoms with Crippen molar-refractivity contribution in [2.75, 3.05) is 25.0 Å². The van der Waals surface area contributed by atoms with Gasteiger partial charge >= 0.3 is 0 Å². The molecule has 4 nitrogen and oxygen atoms in total. The number of rotatable bonds is 5. The SMILES string of the molecule is CCCCN(C)C(=O)c1cncc(N2CCc3ccccc32)c1. The van der Waals surface area contributed by atoms with Gasteiger partial charge in [-0.3, -0.25) is 9.78 Å². The molecule has 0 radical (unpaired) electrons. The highest BCUT2D eigenvalue weighted by Gasteiger charge is 2.21. The van der Waals surface area contributed by atoms with Crippen molar-refractivity contribution in [3.8, 4) is 0 Å². The van der Waals surface area contributed by atoms with E-state index in [0.717, 1.165) is 38.0 Å². The van der Waals surface area contributed by atoms with Gasteiger partial charge in [-0.25, -0.2) is 0 Å². The van der Waals surface area contributed by atoms with Crippen LogP contribution in [-0.4, -0.2) is 35.9 Å². The Morgan fingerprint density at radius 3 is 2.96 bits per heavy atom. The fourth-order valence-corrected chi connectivity index (χ4v) is 3.02. The van der Waals surface area contributed by atoms with Crippen LogP contribution in [0.2, 0.25) is 0 Å². The van der Waals surface area contributed by atoms with Crippen LogP contribution in [0.3, 0.4) is 0 Å². The number of nitrogens with zero attached hydrogens (tertiary/aromatic N) is 3. The van der Waals surface area contributed by atoms with Crippen LogP contribution in [0.5, 0.6) is 0 Å². The maximum absolute atomic E-state index is 12.5. The second-order valence-electron chi connectivity index (χ2n) is 6.04. The molecule has 2 heterocycles. The largest absolute Gasteiger partial charge is 0.342 e. The van der Waals surface area contributed by atoms with Crippen LogP contribution in [0.1, 0.15) is 35.7 Å². The molecule has 0 saturated carbocycles. The van der Waals surface area contributed by atoms with Crippen LogP contribution in [0.25, 0.3) is 0 Å². The van der Waals surface area contributed by atoms with Crippen molar-refractivity contribution in [1.82, 2.24) is 9.88 Å². The smallest absolute Gasteiger partial charge is 0.255 e. The number of anilines is 2. The van der Waals surface area contributed by atoms with Gasteiger partial charge in [0.05, 0.1) is 17.4 Å². The van der Waals surface area contributed by atoms with E-state index in [9.17, 15) is 4.79 Å². The average molecular weight is 309 g/mol. The summed E-state index contributed by atoms with van der Waals surface area (Å²) >= 11 is 0. The van der Waals surface area contributed by atoms with E-state index in [-0.39, 0.29) is 5.91 Å². The normalized spacial score (nSPS) is 13.0. The molecular formula is C19H23N3O. The summed E-state index contributed by atoms with van der Waals surface area (Å²) < 4.78 is 0. The van der Waals surface area contributed by atoms with E-state index in [1.165, 1.54) is 11.3 Å². The third kappa shape index (κ3) is 3.21. The summed E-state index contributed by atoms with van der Waals surface area (Å²) in [4.78, 5) is 20.8. The highest BCUT2D eigenvalue weighted by atomic mass is 16.2. The van der Waals surface area contributed by atoms with Crippen LogP contribution in [0.4, 0.5) is 11.4 Å². The first-order valence-corrected chi connectivity index (χ1v) is 8.26. The van der Waals surface area contributed by atoms with Crippen LogP contribution >= 0.6 is 0 Å². The van der Waals surface area contributed by atoms with Crippen molar-refractivity contribution in [2.45, 2.75) is 26.2 Å². The first-order valence-electron chi connectivity index (χ1n) is 8.26. The molecule has 0 aliphatic carbocycles. The highest BCUT2D eigenvalue weighted by molar-refractivity contribution is 5.95. The Morgan fingerprint density at radius 1 is 1.30 bits per heavy atom. The standard InChI is InChI=1S/C19H23N3O/c1-3-4-10-21(2)19(23)16-12-17(14-20-13-16)22-11-9-15-7-5-6-8-18(15)22/h5-8,12-14H,3-4,9-11H2,1-2H3. The van der Waals surface area contributed by atoms with Crippen molar-refractivity contribution < 1.29 is 4.79 Å². The quantitative estimate of drug-likeness (QED) is 0.846. The third-order valence-electron chi connectivity index (χ3n) is 4.36. The third-order valence-corrected chi connectivity index (χ3v) is 4.36. The number of carbonyl (C=O) groups is 1. The topological polar surface area (TPSA) is 36.4 Å². The summed E-state index contributed by atoms with van der Waals surface area (Å²) in [7, 11) is 1.86. The van der Waals surface area contributed by atoms with Crippen molar-refractivity contribution in [2.24, 2.45) is 0 Å². The molecule has 1 aromatic heterocycles. The molecule has 0 fully saturated rings. The fraction of sp³-hybridized carbons (Fsp3) is 0.368.